The topological polar surface area (TPSA) is 44.2 Å². The molecule has 0 aromatic carbocycles. The van der Waals surface area contributed by atoms with E-state index in [9.17, 15) is 0 Å². The van der Waals surface area contributed by atoms with Crippen LogP contribution in [0.15, 0.2) is 12.4 Å². The normalized spacial score (nSPS) is 17.7. The highest BCUT2D eigenvalue weighted by atomic mass is 35.5. The summed E-state index contributed by atoms with van der Waals surface area (Å²) in [6.45, 7) is 2.34. The minimum atomic E-state index is 0.409. The number of hydrogen-bond donors (Lipinski definition) is 0. The van der Waals surface area contributed by atoms with Gasteiger partial charge in [0.15, 0.2) is 0 Å². The van der Waals surface area contributed by atoms with Gasteiger partial charge in [-0.2, -0.15) is 0 Å². The Hall–Kier alpha value is -0.870. The van der Waals surface area contributed by atoms with E-state index in [1.165, 1.54) is 6.33 Å². The fraction of sp³-hybridized carbons (Fsp3) is 0.600. The van der Waals surface area contributed by atoms with E-state index in [1.54, 1.807) is 6.07 Å². The van der Waals surface area contributed by atoms with Crippen molar-refractivity contribution in [1.82, 2.24) is 9.97 Å². The maximum Gasteiger partial charge on any atom is 0.217 e. The van der Waals surface area contributed by atoms with Gasteiger partial charge < -0.3 is 9.47 Å². The van der Waals surface area contributed by atoms with E-state index < -0.39 is 0 Å². The van der Waals surface area contributed by atoms with Crippen LogP contribution in [0.2, 0.25) is 5.15 Å². The van der Waals surface area contributed by atoms with Crippen molar-refractivity contribution in [2.45, 2.75) is 12.8 Å². The highest BCUT2D eigenvalue weighted by molar-refractivity contribution is 6.29. The van der Waals surface area contributed by atoms with Crippen LogP contribution < -0.4 is 4.74 Å². The quantitative estimate of drug-likeness (QED) is 0.742. The summed E-state index contributed by atoms with van der Waals surface area (Å²) in [7, 11) is 0. The molecule has 1 aliphatic heterocycles. The van der Waals surface area contributed by atoms with Gasteiger partial charge in [-0.3, -0.25) is 0 Å². The predicted molar refractivity (Wildman–Crippen MR) is 56.1 cm³/mol. The fourth-order valence-electron chi connectivity index (χ4n) is 1.51. The summed E-state index contributed by atoms with van der Waals surface area (Å²) >= 11 is 5.72. The van der Waals surface area contributed by atoms with Gasteiger partial charge in [0.1, 0.15) is 11.5 Å². The molecule has 0 atom stereocenters. The smallest absolute Gasteiger partial charge is 0.217 e. The molecule has 0 unspecified atom stereocenters. The van der Waals surface area contributed by atoms with Crippen LogP contribution in [0.25, 0.3) is 0 Å². The first-order valence-corrected chi connectivity index (χ1v) is 5.40. The Morgan fingerprint density at radius 1 is 1.40 bits per heavy atom. The molecular formula is C10H13ClN2O2. The SMILES string of the molecule is Clc1cc(OCC2CCOCC2)ncn1. The van der Waals surface area contributed by atoms with Crippen LogP contribution in [0.4, 0.5) is 0 Å². The average Bonchev–Trinajstić information content (AvgIpc) is 2.28. The molecule has 0 amide bonds. The zero-order valence-electron chi connectivity index (χ0n) is 8.36. The molecule has 1 aliphatic rings. The number of rotatable bonds is 3. The van der Waals surface area contributed by atoms with E-state index in [-0.39, 0.29) is 0 Å². The molecule has 0 radical (unpaired) electrons. The van der Waals surface area contributed by atoms with Crippen molar-refractivity contribution < 1.29 is 9.47 Å². The second-order valence-corrected chi connectivity index (χ2v) is 3.93. The third kappa shape index (κ3) is 3.32. The third-order valence-electron chi connectivity index (χ3n) is 2.42. The molecule has 0 bridgehead atoms. The van der Waals surface area contributed by atoms with Gasteiger partial charge in [0, 0.05) is 19.3 Å². The molecule has 1 fully saturated rings. The number of nitrogens with zero attached hydrogens (tertiary/aromatic N) is 2. The average molecular weight is 229 g/mol. The highest BCUT2D eigenvalue weighted by Crippen LogP contribution is 2.17. The second-order valence-electron chi connectivity index (χ2n) is 3.55. The molecule has 5 heteroatoms. The van der Waals surface area contributed by atoms with Crippen LogP contribution in [0.5, 0.6) is 5.88 Å². The van der Waals surface area contributed by atoms with E-state index in [1.807, 2.05) is 0 Å². The van der Waals surface area contributed by atoms with Crippen molar-refractivity contribution in [3.05, 3.63) is 17.5 Å². The number of halogens is 1. The number of hydrogen-bond acceptors (Lipinski definition) is 4. The molecule has 2 rings (SSSR count). The van der Waals surface area contributed by atoms with Crippen LogP contribution >= 0.6 is 11.6 Å². The summed E-state index contributed by atoms with van der Waals surface area (Å²) in [5.41, 5.74) is 0. The molecule has 4 nitrogen and oxygen atoms in total. The summed E-state index contributed by atoms with van der Waals surface area (Å²) in [6.07, 6.45) is 3.51. The van der Waals surface area contributed by atoms with Crippen molar-refractivity contribution in [3.8, 4) is 5.88 Å². The lowest BCUT2D eigenvalue weighted by Gasteiger charge is -2.21. The van der Waals surface area contributed by atoms with Crippen LogP contribution in [0.3, 0.4) is 0 Å². The Morgan fingerprint density at radius 2 is 2.20 bits per heavy atom. The molecule has 0 N–H and O–H groups in total. The van der Waals surface area contributed by atoms with Crippen molar-refractivity contribution in [2.24, 2.45) is 5.92 Å². The van der Waals surface area contributed by atoms with E-state index in [0.29, 0.717) is 23.6 Å². The Labute approximate surface area is 93.6 Å². The van der Waals surface area contributed by atoms with Crippen LogP contribution in [0, 0.1) is 5.92 Å². The number of ether oxygens (including phenoxy) is 2. The van der Waals surface area contributed by atoms with Gasteiger partial charge in [-0.25, -0.2) is 9.97 Å². The second kappa shape index (κ2) is 5.28. The maximum atomic E-state index is 5.72. The minimum Gasteiger partial charge on any atom is -0.477 e. The summed E-state index contributed by atoms with van der Waals surface area (Å²) in [5.74, 6) is 1.11. The number of aromatic nitrogens is 2. The molecule has 82 valence electrons. The van der Waals surface area contributed by atoms with Crippen LogP contribution in [-0.2, 0) is 4.74 Å². The van der Waals surface area contributed by atoms with Gasteiger partial charge in [-0.05, 0) is 18.8 Å². The molecule has 1 aromatic rings. The minimum absolute atomic E-state index is 0.409. The molecule has 1 saturated heterocycles. The third-order valence-corrected chi connectivity index (χ3v) is 2.62. The van der Waals surface area contributed by atoms with Gasteiger partial charge in [0.2, 0.25) is 5.88 Å². The molecular weight excluding hydrogens is 216 g/mol. The molecule has 15 heavy (non-hydrogen) atoms. The molecule has 0 saturated carbocycles. The lowest BCUT2D eigenvalue weighted by atomic mass is 10.0. The Balaban J connectivity index is 1.81. The van der Waals surface area contributed by atoms with Crippen LogP contribution in [-0.4, -0.2) is 29.8 Å². The first-order chi connectivity index (χ1) is 7.34. The van der Waals surface area contributed by atoms with Gasteiger partial charge in [0.25, 0.3) is 0 Å². The predicted octanol–water partition coefficient (Wildman–Crippen LogP) is 1.94. The molecule has 2 heterocycles. The van der Waals surface area contributed by atoms with Crippen molar-refractivity contribution in [1.29, 1.82) is 0 Å². The fourth-order valence-corrected chi connectivity index (χ4v) is 1.65. The Morgan fingerprint density at radius 3 is 2.93 bits per heavy atom. The Bertz CT molecular complexity index is 316. The summed E-state index contributed by atoms with van der Waals surface area (Å²) < 4.78 is 10.8. The summed E-state index contributed by atoms with van der Waals surface area (Å²) in [5, 5.41) is 0.409. The first-order valence-electron chi connectivity index (χ1n) is 5.02. The lowest BCUT2D eigenvalue weighted by molar-refractivity contribution is 0.0490. The molecule has 1 aromatic heterocycles. The zero-order valence-corrected chi connectivity index (χ0v) is 9.11. The lowest BCUT2D eigenvalue weighted by Crippen LogP contribution is -2.21. The maximum absolute atomic E-state index is 5.72. The molecule has 0 aliphatic carbocycles. The van der Waals surface area contributed by atoms with Gasteiger partial charge in [0.05, 0.1) is 6.61 Å². The van der Waals surface area contributed by atoms with Crippen molar-refractivity contribution >= 4 is 11.6 Å². The van der Waals surface area contributed by atoms with E-state index in [4.69, 9.17) is 21.1 Å². The van der Waals surface area contributed by atoms with Gasteiger partial charge >= 0.3 is 0 Å². The zero-order chi connectivity index (χ0) is 10.5. The standard InChI is InChI=1S/C10H13ClN2O2/c11-9-5-10(13-7-12-9)15-6-8-1-3-14-4-2-8/h5,7-8H,1-4,6H2. The van der Waals surface area contributed by atoms with E-state index in [0.717, 1.165) is 26.1 Å². The van der Waals surface area contributed by atoms with Crippen LogP contribution in [0.1, 0.15) is 12.8 Å². The van der Waals surface area contributed by atoms with Crippen molar-refractivity contribution in [2.75, 3.05) is 19.8 Å². The Kier molecular flexibility index (Phi) is 3.75. The largest absolute Gasteiger partial charge is 0.477 e. The monoisotopic (exact) mass is 228 g/mol. The van der Waals surface area contributed by atoms with E-state index in [2.05, 4.69) is 9.97 Å². The first kappa shape index (κ1) is 10.6. The summed E-state index contributed by atoms with van der Waals surface area (Å²) in [4.78, 5) is 7.76. The van der Waals surface area contributed by atoms with Crippen molar-refractivity contribution in [3.63, 3.8) is 0 Å². The summed E-state index contributed by atoms with van der Waals surface area (Å²) in [6, 6.07) is 1.63. The molecule has 0 spiro atoms. The van der Waals surface area contributed by atoms with E-state index >= 15 is 0 Å². The van der Waals surface area contributed by atoms with Gasteiger partial charge in [-0.15, -0.1) is 0 Å². The van der Waals surface area contributed by atoms with Gasteiger partial charge in [-0.1, -0.05) is 11.6 Å². The highest BCUT2D eigenvalue weighted by Gasteiger charge is 2.14.